The van der Waals surface area contributed by atoms with E-state index >= 15 is 0 Å². The Balaban J connectivity index is 1.54. The number of carbonyl (C=O) groups excluding carboxylic acids is 1. The molecule has 6 nitrogen and oxygen atoms in total. The minimum atomic E-state index is -0.0456. The molecule has 138 valence electrons. The van der Waals surface area contributed by atoms with Gasteiger partial charge in [-0.1, -0.05) is 24.3 Å². The van der Waals surface area contributed by atoms with Crippen LogP contribution >= 0.6 is 0 Å². The van der Waals surface area contributed by atoms with Gasteiger partial charge < -0.3 is 14.4 Å². The second-order valence-electron chi connectivity index (χ2n) is 6.48. The second-order valence-corrected chi connectivity index (χ2v) is 6.48. The maximum Gasteiger partial charge on any atom is 0.272 e. The summed E-state index contributed by atoms with van der Waals surface area (Å²) in [4.78, 5) is 14.8. The highest BCUT2D eigenvalue weighted by atomic mass is 16.5. The highest BCUT2D eigenvalue weighted by Crippen LogP contribution is 2.36. The van der Waals surface area contributed by atoms with Gasteiger partial charge in [-0.2, -0.15) is 5.10 Å². The van der Waals surface area contributed by atoms with Crippen molar-refractivity contribution in [2.45, 2.75) is 12.5 Å². The number of nitrogens with zero attached hydrogens (tertiary/aromatic N) is 2. The van der Waals surface area contributed by atoms with E-state index in [1.807, 2.05) is 53.4 Å². The maximum atomic E-state index is 12.9. The van der Waals surface area contributed by atoms with Crippen LogP contribution in [0.5, 0.6) is 11.5 Å². The monoisotopic (exact) mass is 363 g/mol. The fourth-order valence-electron chi connectivity index (χ4n) is 3.34. The summed E-state index contributed by atoms with van der Waals surface area (Å²) in [7, 11) is 3.27. The topological polar surface area (TPSA) is 67.4 Å². The van der Waals surface area contributed by atoms with Crippen LogP contribution in [-0.4, -0.2) is 41.8 Å². The Morgan fingerprint density at radius 3 is 2.52 bits per heavy atom. The minimum Gasteiger partial charge on any atom is -0.497 e. The van der Waals surface area contributed by atoms with E-state index in [4.69, 9.17) is 9.47 Å². The molecule has 2 heterocycles. The Kier molecular flexibility index (Phi) is 4.54. The molecule has 4 rings (SSSR count). The quantitative estimate of drug-likeness (QED) is 0.751. The molecular formula is C21H21N3O3. The van der Waals surface area contributed by atoms with E-state index in [1.165, 1.54) is 0 Å². The number of amides is 1. The molecule has 1 aliphatic heterocycles. The van der Waals surface area contributed by atoms with Crippen LogP contribution in [0.4, 0.5) is 0 Å². The molecule has 1 N–H and O–H groups in total. The molecule has 0 bridgehead atoms. The summed E-state index contributed by atoms with van der Waals surface area (Å²) < 4.78 is 10.5. The number of aromatic nitrogens is 2. The van der Waals surface area contributed by atoms with Gasteiger partial charge in [0.1, 0.15) is 17.2 Å². The van der Waals surface area contributed by atoms with Crippen molar-refractivity contribution in [2.24, 2.45) is 0 Å². The molecule has 6 heteroatoms. The zero-order chi connectivity index (χ0) is 18.8. The van der Waals surface area contributed by atoms with Crippen LogP contribution in [0, 0.1) is 0 Å². The van der Waals surface area contributed by atoms with Gasteiger partial charge >= 0.3 is 0 Å². The van der Waals surface area contributed by atoms with Crippen molar-refractivity contribution in [3.05, 3.63) is 65.9 Å². The lowest BCUT2D eigenvalue weighted by molar-refractivity contribution is 0.0453. The van der Waals surface area contributed by atoms with Crippen molar-refractivity contribution in [3.8, 4) is 22.8 Å². The number of hydrogen-bond acceptors (Lipinski definition) is 4. The number of rotatable bonds is 5. The van der Waals surface area contributed by atoms with E-state index in [0.29, 0.717) is 5.69 Å². The van der Waals surface area contributed by atoms with Crippen LogP contribution < -0.4 is 9.47 Å². The molecule has 0 radical (unpaired) electrons. The molecular weight excluding hydrogens is 342 g/mol. The number of carbonyl (C=O) groups is 1. The van der Waals surface area contributed by atoms with Crippen molar-refractivity contribution in [2.75, 3.05) is 20.8 Å². The standard InChI is InChI=1S/C21H21N3O3/c1-26-16-7-3-5-14(11-16)18-13-19(23-22-18)21(25)24-10-9-20(24)15-6-4-8-17(12-15)27-2/h3-8,11-13,20H,9-10H2,1-2H3,(H,22,23)/t20-/m1/s1. The van der Waals surface area contributed by atoms with E-state index in [-0.39, 0.29) is 11.9 Å². The van der Waals surface area contributed by atoms with E-state index < -0.39 is 0 Å². The lowest BCUT2D eigenvalue weighted by Gasteiger charge is -2.41. The summed E-state index contributed by atoms with van der Waals surface area (Å²) in [6.07, 6.45) is 0.940. The van der Waals surface area contributed by atoms with E-state index in [2.05, 4.69) is 10.2 Å². The number of likely N-dealkylation sites (tertiary alicyclic amines) is 1. The third-order valence-electron chi connectivity index (χ3n) is 4.93. The average molecular weight is 363 g/mol. The largest absolute Gasteiger partial charge is 0.497 e. The predicted octanol–water partition coefficient (Wildman–Crippen LogP) is 3.68. The Bertz CT molecular complexity index is 967. The first-order chi connectivity index (χ1) is 13.2. The molecule has 0 saturated carbocycles. The number of H-pyrrole nitrogens is 1. The molecule has 0 spiro atoms. The van der Waals surface area contributed by atoms with Crippen LogP contribution in [0.2, 0.25) is 0 Å². The summed E-state index contributed by atoms with van der Waals surface area (Å²) in [6.45, 7) is 0.730. The van der Waals surface area contributed by atoms with Crippen LogP contribution in [0.15, 0.2) is 54.6 Å². The maximum absolute atomic E-state index is 12.9. The number of benzene rings is 2. The van der Waals surface area contributed by atoms with Gasteiger partial charge in [0.2, 0.25) is 0 Å². The van der Waals surface area contributed by atoms with Crippen molar-refractivity contribution < 1.29 is 14.3 Å². The average Bonchev–Trinajstić information content (AvgIpc) is 3.18. The third kappa shape index (κ3) is 3.26. The molecule has 0 aliphatic carbocycles. The SMILES string of the molecule is COc1cccc(-c2cc(C(=O)N3CC[C@@H]3c3cccc(OC)c3)[nH]n2)c1. The molecule has 1 atom stereocenters. The number of nitrogens with one attached hydrogen (secondary N) is 1. The predicted molar refractivity (Wildman–Crippen MR) is 102 cm³/mol. The normalized spacial score (nSPS) is 15.9. The Morgan fingerprint density at radius 2 is 1.81 bits per heavy atom. The van der Waals surface area contributed by atoms with Crippen LogP contribution in [0.1, 0.15) is 28.5 Å². The van der Waals surface area contributed by atoms with Gasteiger partial charge in [0.25, 0.3) is 5.91 Å². The smallest absolute Gasteiger partial charge is 0.272 e. The zero-order valence-corrected chi connectivity index (χ0v) is 15.3. The lowest BCUT2D eigenvalue weighted by Crippen LogP contribution is -2.45. The van der Waals surface area contributed by atoms with Crippen molar-refractivity contribution >= 4 is 5.91 Å². The van der Waals surface area contributed by atoms with Crippen molar-refractivity contribution in [1.29, 1.82) is 0 Å². The first-order valence-corrected chi connectivity index (χ1v) is 8.84. The van der Waals surface area contributed by atoms with E-state index in [0.717, 1.165) is 41.3 Å². The van der Waals surface area contributed by atoms with Gasteiger partial charge in [0, 0.05) is 12.1 Å². The van der Waals surface area contributed by atoms with E-state index in [1.54, 1.807) is 20.3 Å². The molecule has 2 aromatic carbocycles. The fraction of sp³-hybridized carbons (Fsp3) is 0.238. The highest BCUT2D eigenvalue weighted by molar-refractivity contribution is 5.94. The van der Waals surface area contributed by atoms with Gasteiger partial charge in [0.05, 0.1) is 26.0 Å². The lowest BCUT2D eigenvalue weighted by atomic mass is 9.94. The summed E-state index contributed by atoms with van der Waals surface area (Å²) in [6, 6.07) is 17.3. The van der Waals surface area contributed by atoms with Gasteiger partial charge in [0.15, 0.2) is 0 Å². The Labute approximate surface area is 157 Å². The number of aromatic amines is 1. The molecule has 27 heavy (non-hydrogen) atoms. The summed E-state index contributed by atoms with van der Waals surface area (Å²) in [5.74, 6) is 1.51. The zero-order valence-electron chi connectivity index (χ0n) is 15.3. The Morgan fingerprint density at radius 1 is 1.07 bits per heavy atom. The van der Waals surface area contributed by atoms with Gasteiger partial charge in [-0.3, -0.25) is 9.89 Å². The van der Waals surface area contributed by atoms with Gasteiger partial charge in [-0.25, -0.2) is 0 Å². The van der Waals surface area contributed by atoms with Crippen molar-refractivity contribution in [1.82, 2.24) is 15.1 Å². The molecule has 1 fully saturated rings. The fourth-order valence-corrected chi connectivity index (χ4v) is 3.34. The van der Waals surface area contributed by atoms with Gasteiger partial charge in [-0.15, -0.1) is 0 Å². The highest BCUT2D eigenvalue weighted by Gasteiger charge is 2.34. The molecule has 1 amide bonds. The molecule has 1 saturated heterocycles. The number of methoxy groups -OCH3 is 2. The first-order valence-electron chi connectivity index (χ1n) is 8.84. The molecule has 1 aromatic heterocycles. The summed E-state index contributed by atoms with van der Waals surface area (Å²) in [5.41, 5.74) is 3.19. The van der Waals surface area contributed by atoms with Crippen LogP contribution in [0.25, 0.3) is 11.3 Å². The first kappa shape index (κ1) is 17.1. The Hall–Kier alpha value is -3.28. The minimum absolute atomic E-state index is 0.0456. The van der Waals surface area contributed by atoms with E-state index in [9.17, 15) is 4.79 Å². The summed E-state index contributed by atoms with van der Waals surface area (Å²) in [5, 5.41) is 7.18. The number of ether oxygens (including phenoxy) is 2. The van der Waals surface area contributed by atoms with Crippen molar-refractivity contribution in [3.63, 3.8) is 0 Å². The molecule has 0 unspecified atom stereocenters. The molecule has 3 aromatic rings. The van der Waals surface area contributed by atoms with Crippen LogP contribution in [0.3, 0.4) is 0 Å². The third-order valence-corrected chi connectivity index (χ3v) is 4.93. The van der Waals surface area contributed by atoms with Gasteiger partial charge in [-0.05, 0) is 42.3 Å². The summed E-state index contributed by atoms with van der Waals surface area (Å²) >= 11 is 0. The number of hydrogen-bond donors (Lipinski definition) is 1. The molecule has 1 aliphatic rings. The van der Waals surface area contributed by atoms with Crippen LogP contribution in [-0.2, 0) is 0 Å². The second kappa shape index (κ2) is 7.15.